The van der Waals surface area contributed by atoms with Gasteiger partial charge in [0.05, 0.1) is 17.6 Å². The number of amides is 2. The van der Waals surface area contributed by atoms with E-state index in [1.807, 2.05) is 60.7 Å². The Morgan fingerprint density at radius 1 is 1.00 bits per heavy atom. The Kier molecular flexibility index (Phi) is 7.71. The maximum absolute atomic E-state index is 13.4. The standard InChI is InChI=1S/C24H24N2O4S2/c1-15-18(24(29)30-4)22(32-19(15)23(28)26(2)3)25-21(27)20(16-11-7-5-8-12-16)31-17-13-9-6-10-14-17/h5-14,20H,1-4H3,(H,25,27). The van der Waals surface area contributed by atoms with E-state index in [-0.39, 0.29) is 17.4 Å². The Labute approximate surface area is 195 Å². The van der Waals surface area contributed by atoms with E-state index >= 15 is 0 Å². The summed E-state index contributed by atoms with van der Waals surface area (Å²) < 4.78 is 4.92. The number of carbonyl (C=O) groups is 3. The first-order chi connectivity index (χ1) is 15.3. The van der Waals surface area contributed by atoms with Crippen molar-refractivity contribution in [2.24, 2.45) is 0 Å². The van der Waals surface area contributed by atoms with Crippen molar-refractivity contribution in [3.8, 4) is 0 Å². The van der Waals surface area contributed by atoms with Gasteiger partial charge < -0.3 is 15.0 Å². The highest BCUT2D eigenvalue weighted by molar-refractivity contribution is 8.00. The van der Waals surface area contributed by atoms with Crippen molar-refractivity contribution in [3.63, 3.8) is 0 Å². The normalized spacial score (nSPS) is 11.5. The number of hydrogen-bond donors (Lipinski definition) is 1. The lowest BCUT2D eigenvalue weighted by molar-refractivity contribution is -0.115. The fourth-order valence-electron chi connectivity index (χ4n) is 3.07. The molecule has 1 unspecified atom stereocenters. The highest BCUT2D eigenvalue weighted by Gasteiger charge is 2.29. The highest BCUT2D eigenvalue weighted by atomic mass is 32.2. The van der Waals surface area contributed by atoms with Gasteiger partial charge in [0.1, 0.15) is 10.3 Å². The largest absolute Gasteiger partial charge is 0.465 e. The first kappa shape index (κ1) is 23.6. The minimum Gasteiger partial charge on any atom is -0.465 e. The minimum atomic E-state index is -0.598. The maximum Gasteiger partial charge on any atom is 0.341 e. The quantitative estimate of drug-likeness (QED) is 0.389. The van der Waals surface area contributed by atoms with Gasteiger partial charge >= 0.3 is 5.97 Å². The van der Waals surface area contributed by atoms with Gasteiger partial charge in [0, 0.05) is 19.0 Å². The molecule has 3 aromatic rings. The molecule has 2 aromatic carbocycles. The second-order valence-corrected chi connectivity index (χ2v) is 9.36. The molecule has 1 N–H and O–H groups in total. The number of anilines is 1. The highest BCUT2D eigenvalue weighted by Crippen LogP contribution is 2.39. The molecule has 1 aromatic heterocycles. The molecule has 0 saturated carbocycles. The number of thioether (sulfide) groups is 1. The third-order valence-electron chi connectivity index (χ3n) is 4.71. The molecule has 0 aliphatic rings. The smallest absolute Gasteiger partial charge is 0.341 e. The van der Waals surface area contributed by atoms with Crippen LogP contribution in [0.25, 0.3) is 0 Å². The van der Waals surface area contributed by atoms with Crippen LogP contribution in [0.15, 0.2) is 65.6 Å². The number of nitrogens with zero attached hydrogens (tertiary/aromatic N) is 1. The molecule has 0 fully saturated rings. The van der Waals surface area contributed by atoms with Gasteiger partial charge in [-0.25, -0.2) is 4.79 Å². The van der Waals surface area contributed by atoms with Crippen LogP contribution in [-0.4, -0.2) is 43.9 Å². The number of rotatable bonds is 7. The molecule has 32 heavy (non-hydrogen) atoms. The predicted molar refractivity (Wildman–Crippen MR) is 129 cm³/mol. The molecular weight excluding hydrogens is 444 g/mol. The summed E-state index contributed by atoms with van der Waals surface area (Å²) in [6.45, 7) is 1.68. The third kappa shape index (κ3) is 5.20. The van der Waals surface area contributed by atoms with Crippen molar-refractivity contribution in [2.45, 2.75) is 17.1 Å². The van der Waals surface area contributed by atoms with E-state index in [1.54, 1.807) is 21.0 Å². The number of esters is 1. The van der Waals surface area contributed by atoms with Crippen LogP contribution in [0.2, 0.25) is 0 Å². The van der Waals surface area contributed by atoms with Crippen LogP contribution in [0, 0.1) is 6.92 Å². The van der Waals surface area contributed by atoms with E-state index in [9.17, 15) is 14.4 Å². The van der Waals surface area contributed by atoms with Crippen LogP contribution in [0.5, 0.6) is 0 Å². The van der Waals surface area contributed by atoms with Crippen LogP contribution in [-0.2, 0) is 9.53 Å². The lowest BCUT2D eigenvalue weighted by Crippen LogP contribution is -2.21. The molecule has 2 amide bonds. The second-order valence-electron chi connectivity index (χ2n) is 7.16. The fraction of sp³-hybridized carbons (Fsp3) is 0.208. The van der Waals surface area contributed by atoms with Gasteiger partial charge in [-0.15, -0.1) is 23.1 Å². The molecule has 1 atom stereocenters. The van der Waals surface area contributed by atoms with Gasteiger partial charge in [-0.05, 0) is 30.2 Å². The first-order valence-electron chi connectivity index (χ1n) is 9.84. The Hall–Kier alpha value is -3.10. The zero-order valence-corrected chi connectivity index (χ0v) is 19.9. The number of carbonyl (C=O) groups excluding carboxylic acids is 3. The first-order valence-corrected chi connectivity index (χ1v) is 11.5. The van der Waals surface area contributed by atoms with Crippen LogP contribution >= 0.6 is 23.1 Å². The lowest BCUT2D eigenvalue weighted by Gasteiger charge is -2.17. The summed E-state index contributed by atoms with van der Waals surface area (Å²) >= 11 is 2.49. The molecule has 8 heteroatoms. The molecule has 6 nitrogen and oxygen atoms in total. The van der Waals surface area contributed by atoms with Crippen molar-refractivity contribution in [2.75, 3.05) is 26.5 Å². The van der Waals surface area contributed by atoms with Gasteiger partial charge in [0.25, 0.3) is 5.91 Å². The predicted octanol–water partition coefficient (Wildman–Crippen LogP) is 5.02. The van der Waals surface area contributed by atoms with Crippen LogP contribution in [0.3, 0.4) is 0 Å². The number of methoxy groups -OCH3 is 1. The summed E-state index contributed by atoms with van der Waals surface area (Å²) in [5, 5.41) is 2.64. The molecule has 1 heterocycles. The number of nitrogens with one attached hydrogen (secondary N) is 1. The monoisotopic (exact) mass is 468 g/mol. The molecule has 166 valence electrons. The summed E-state index contributed by atoms with van der Waals surface area (Å²) in [7, 11) is 4.55. The van der Waals surface area contributed by atoms with Crippen LogP contribution in [0.1, 0.15) is 36.4 Å². The van der Waals surface area contributed by atoms with E-state index in [0.717, 1.165) is 21.8 Å². The molecule has 0 spiro atoms. The summed E-state index contributed by atoms with van der Waals surface area (Å²) in [4.78, 5) is 41.3. The average molecular weight is 469 g/mol. The van der Waals surface area contributed by atoms with Gasteiger partial charge in [-0.2, -0.15) is 0 Å². The van der Waals surface area contributed by atoms with Crippen molar-refractivity contribution in [3.05, 3.63) is 82.2 Å². The summed E-state index contributed by atoms with van der Waals surface area (Å²) in [6, 6.07) is 19.1. The fourth-order valence-corrected chi connectivity index (χ4v) is 5.33. The Morgan fingerprint density at radius 3 is 2.16 bits per heavy atom. The molecule has 0 bridgehead atoms. The van der Waals surface area contributed by atoms with Gasteiger partial charge in [-0.1, -0.05) is 48.5 Å². The number of benzene rings is 2. The molecular formula is C24H24N2O4S2. The summed E-state index contributed by atoms with van der Waals surface area (Å²) in [5.41, 5.74) is 1.52. The van der Waals surface area contributed by atoms with Gasteiger partial charge in [0.2, 0.25) is 5.91 Å². The van der Waals surface area contributed by atoms with E-state index in [1.165, 1.54) is 23.8 Å². The van der Waals surface area contributed by atoms with Gasteiger partial charge in [0.15, 0.2) is 0 Å². The Bertz CT molecular complexity index is 1110. The molecule has 0 aliphatic heterocycles. The van der Waals surface area contributed by atoms with Crippen LogP contribution in [0.4, 0.5) is 5.00 Å². The van der Waals surface area contributed by atoms with E-state index in [2.05, 4.69) is 5.32 Å². The Balaban J connectivity index is 1.99. The molecule has 3 rings (SSSR count). The SMILES string of the molecule is COC(=O)c1c(NC(=O)C(Sc2ccccc2)c2ccccc2)sc(C(=O)N(C)C)c1C. The zero-order valence-electron chi connectivity index (χ0n) is 18.2. The third-order valence-corrected chi connectivity index (χ3v) is 7.17. The molecule has 0 aliphatic carbocycles. The van der Waals surface area contributed by atoms with Gasteiger partial charge in [-0.3, -0.25) is 9.59 Å². The van der Waals surface area contributed by atoms with Crippen molar-refractivity contribution in [1.29, 1.82) is 0 Å². The van der Waals surface area contributed by atoms with Crippen molar-refractivity contribution in [1.82, 2.24) is 4.90 Å². The lowest BCUT2D eigenvalue weighted by atomic mass is 10.1. The van der Waals surface area contributed by atoms with E-state index < -0.39 is 11.2 Å². The zero-order chi connectivity index (χ0) is 23.3. The number of hydrogen-bond acceptors (Lipinski definition) is 6. The molecule has 0 saturated heterocycles. The van der Waals surface area contributed by atoms with Crippen molar-refractivity contribution < 1.29 is 19.1 Å². The summed E-state index contributed by atoms with van der Waals surface area (Å²) in [5.74, 6) is -1.13. The molecule has 0 radical (unpaired) electrons. The second kappa shape index (κ2) is 10.5. The maximum atomic E-state index is 13.4. The average Bonchev–Trinajstić information content (AvgIpc) is 3.12. The number of ether oxygens (including phenoxy) is 1. The van der Waals surface area contributed by atoms with Crippen molar-refractivity contribution >= 4 is 45.9 Å². The summed E-state index contributed by atoms with van der Waals surface area (Å²) in [6.07, 6.45) is 0. The van der Waals surface area contributed by atoms with E-state index in [4.69, 9.17) is 4.74 Å². The minimum absolute atomic E-state index is 0.201. The number of thiophene rings is 1. The Morgan fingerprint density at radius 2 is 1.59 bits per heavy atom. The van der Waals surface area contributed by atoms with Crippen LogP contribution < -0.4 is 5.32 Å². The topological polar surface area (TPSA) is 75.7 Å². The van der Waals surface area contributed by atoms with E-state index in [0.29, 0.717) is 15.4 Å².